The lowest BCUT2D eigenvalue weighted by Gasteiger charge is -2.12. The third-order valence-electron chi connectivity index (χ3n) is 2.30. The number of ether oxygens (including phenoxy) is 1. The molecule has 0 saturated carbocycles. The van der Waals surface area contributed by atoms with Gasteiger partial charge in [0.15, 0.2) is 0 Å². The molecule has 5 nitrogen and oxygen atoms in total. The second kappa shape index (κ2) is 3.76. The number of aromatic nitrogens is 1. The van der Waals surface area contributed by atoms with Crippen LogP contribution < -0.4 is 10.2 Å². The molecule has 0 spiro atoms. The SMILES string of the molecule is CN(C)c1ccc(C2COC(=O)N2)cn1. The maximum Gasteiger partial charge on any atom is 0.407 e. The monoisotopic (exact) mass is 207 g/mol. The fourth-order valence-corrected chi connectivity index (χ4v) is 1.43. The summed E-state index contributed by atoms with van der Waals surface area (Å²) in [5, 5.41) is 2.70. The van der Waals surface area contributed by atoms with Crippen molar-refractivity contribution in [2.45, 2.75) is 6.04 Å². The topological polar surface area (TPSA) is 54.5 Å². The number of nitrogens with zero attached hydrogens (tertiary/aromatic N) is 2. The van der Waals surface area contributed by atoms with Crippen molar-refractivity contribution in [1.82, 2.24) is 10.3 Å². The molecule has 1 saturated heterocycles. The Kier molecular flexibility index (Phi) is 2.45. The lowest BCUT2D eigenvalue weighted by Crippen LogP contribution is -2.18. The first kappa shape index (κ1) is 9.76. The van der Waals surface area contributed by atoms with Gasteiger partial charge in [-0.25, -0.2) is 9.78 Å². The molecule has 1 amide bonds. The summed E-state index contributed by atoms with van der Waals surface area (Å²) < 4.78 is 4.81. The smallest absolute Gasteiger partial charge is 0.407 e. The lowest BCUT2D eigenvalue weighted by atomic mass is 10.1. The molecule has 1 aliphatic rings. The number of amides is 1. The molecular formula is C10H13N3O2. The van der Waals surface area contributed by atoms with Gasteiger partial charge in [0.1, 0.15) is 12.4 Å². The number of cyclic esters (lactones) is 1. The normalized spacial score (nSPS) is 19.6. The Morgan fingerprint density at radius 3 is 2.80 bits per heavy atom. The van der Waals surface area contributed by atoms with Crippen molar-refractivity contribution in [1.29, 1.82) is 0 Å². The van der Waals surface area contributed by atoms with Crippen molar-refractivity contribution in [3.63, 3.8) is 0 Å². The van der Waals surface area contributed by atoms with Crippen molar-refractivity contribution in [2.75, 3.05) is 25.6 Å². The van der Waals surface area contributed by atoms with Crippen LogP contribution in [0.5, 0.6) is 0 Å². The van der Waals surface area contributed by atoms with E-state index in [-0.39, 0.29) is 12.1 Å². The van der Waals surface area contributed by atoms with E-state index in [0.717, 1.165) is 11.4 Å². The number of pyridine rings is 1. The van der Waals surface area contributed by atoms with E-state index in [1.165, 1.54) is 0 Å². The Balaban J connectivity index is 2.13. The molecule has 0 aliphatic carbocycles. The molecule has 1 aliphatic heterocycles. The number of anilines is 1. The van der Waals surface area contributed by atoms with Crippen LogP contribution in [0.15, 0.2) is 18.3 Å². The number of nitrogens with one attached hydrogen (secondary N) is 1. The van der Waals surface area contributed by atoms with E-state index >= 15 is 0 Å². The highest BCUT2D eigenvalue weighted by molar-refractivity contribution is 5.70. The van der Waals surface area contributed by atoms with Crippen LogP contribution in [0.1, 0.15) is 11.6 Å². The maximum atomic E-state index is 10.8. The summed E-state index contributed by atoms with van der Waals surface area (Å²) in [6.07, 6.45) is 1.39. The molecule has 2 heterocycles. The quantitative estimate of drug-likeness (QED) is 0.783. The number of hydrogen-bond acceptors (Lipinski definition) is 4. The summed E-state index contributed by atoms with van der Waals surface area (Å²) in [5.41, 5.74) is 0.964. The zero-order chi connectivity index (χ0) is 10.8. The fourth-order valence-electron chi connectivity index (χ4n) is 1.43. The van der Waals surface area contributed by atoms with Crippen LogP contribution >= 0.6 is 0 Å². The van der Waals surface area contributed by atoms with Crippen LogP contribution in [0.2, 0.25) is 0 Å². The van der Waals surface area contributed by atoms with E-state index in [4.69, 9.17) is 4.74 Å². The van der Waals surface area contributed by atoms with Crippen LogP contribution in [-0.4, -0.2) is 31.8 Å². The third kappa shape index (κ3) is 2.01. The average Bonchev–Trinajstić information content (AvgIpc) is 2.65. The van der Waals surface area contributed by atoms with Gasteiger partial charge in [-0.1, -0.05) is 6.07 Å². The number of hydrogen-bond donors (Lipinski definition) is 1. The summed E-state index contributed by atoms with van der Waals surface area (Å²) >= 11 is 0. The van der Waals surface area contributed by atoms with E-state index in [2.05, 4.69) is 10.3 Å². The molecular weight excluding hydrogens is 194 g/mol. The highest BCUT2D eigenvalue weighted by Crippen LogP contribution is 2.18. The van der Waals surface area contributed by atoms with Crippen LogP contribution in [0.3, 0.4) is 0 Å². The molecule has 1 aromatic heterocycles. The van der Waals surface area contributed by atoms with Crippen molar-refractivity contribution in [3.05, 3.63) is 23.9 Å². The van der Waals surface area contributed by atoms with Crippen molar-refractivity contribution in [3.8, 4) is 0 Å². The highest BCUT2D eigenvalue weighted by atomic mass is 16.6. The minimum Gasteiger partial charge on any atom is -0.447 e. The van der Waals surface area contributed by atoms with Gasteiger partial charge in [-0.05, 0) is 11.6 Å². The average molecular weight is 207 g/mol. The van der Waals surface area contributed by atoms with Crippen LogP contribution in [0.25, 0.3) is 0 Å². The molecule has 1 aromatic rings. The molecule has 5 heteroatoms. The maximum absolute atomic E-state index is 10.8. The van der Waals surface area contributed by atoms with Gasteiger partial charge in [0.05, 0.1) is 6.04 Å². The van der Waals surface area contributed by atoms with Gasteiger partial charge in [-0.3, -0.25) is 0 Å². The molecule has 1 fully saturated rings. The first-order valence-corrected chi connectivity index (χ1v) is 4.73. The molecule has 0 aromatic carbocycles. The minimum atomic E-state index is -0.364. The van der Waals surface area contributed by atoms with Crippen LogP contribution in [0.4, 0.5) is 10.6 Å². The molecule has 1 N–H and O–H groups in total. The molecule has 1 unspecified atom stereocenters. The first-order valence-electron chi connectivity index (χ1n) is 4.73. The summed E-state index contributed by atoms with van der Waals surface area (Å²) in [5.74, 6) is 0.893. The van der Waals surface area contributed by atoms with Gasteiger partial charge < -0.3 is 15.0 Å². The number of carbonyl (C=O) groups is 1. The van der Waals surface area contributed by atoms with Gasteiger partial charge in [0, 0.05) is 20.3 Å². The van der Waals surface area contributed by atoms with Gasteiger partial charge in [0.2, 0.25) is 0 Å². The summed E-state index contributed by atoms with van der Waals surface area (Å²) in [7, 11) is 3.87. The Bertz CT molecular complexity index is 361. The predicted molar refractivity (Wildman–Crippen MR) is 55.8 cm³/mol. The van der Waals surface area contributed by atoms with E-state index in [1.54, 1.807) is 6.20 Å². The van der Waals surface area contributed by atoms with Crippen molar-refractivity contribution < 1.29 is 9.53 Å². The van der Waals surface area contributed by atoms with E-state index in [1.807, 2.05) is 31.1 Å². The lowest BCUT2D eigenvalue weighted by molar-refractivity contribution is 0.177. The Morgan fingerprint density at radius 1 is 1.53 bits per heavy atom. The van der Waals surface area contributed by atoms with E-state index in [0.29, 0.717) is 6.61 Å². The predicted octanol–water partition coefficient (Wildman–Crippen LogP) is 0.928. The van der Waals surface area contributed by atoms with Crippen LogP contribution in [0, 0.1) is 0 Å². The third-order valence-corrected chi connectivity index (χ3v) is 2.30. The summed E-state index contributed by atoms with van der Waals surface area (Å²) in [6, 6.07) is 3.79. The minimum absolute atomic E-state index is 0.0683. The first-order chi connectivity index (χ1) is 7.16. The standard InChI is InChI=1S/C10H13N3O2/c1-13(2)9-4-3-7(5-11-9)8-6-15-10(14)12-8/h3-5,8H,6H2,1-2H3,(H,12,14). The van der Waals surface area contributed by atoms with Gasteiger partial charge in [0.25, 0.3) is 0 Å². The zero-order valence-corrected chi connectivity index (χ0v) is 8.73. The Labute approximate surface area is 88.1 Å². The highest BCUT2D eigenvalue weighted by Gasteiger charge is 2.23. The number of carbonyl (C=O) groups excluding carboxylic acids is 1. The zero-order valence-electron chi connectivity index (χ0n) is 8.73. The molecule has 15 heavy (non-hydrogen) atoms. The van der Waals surface area contributed by atoms with E-state index < -0.39 is 0 Å². The van der Waals surface area contributed by atoms with Crippen LogP contribution in [-0.2, 0) is 4.74 Å². The largest absolute Gasteiger partial charge is 0.447 e. The fraction of sp³-hybridized carbons (Fsp3) is 0.400. The summed E-state index contributed by atoms with van der Waals surface area (Å²) in [4.78, 5) is 17.0. The van der Waals surface area contributed by atoms with Gasteiger partial charge in [-0.15, -0.1) is 0 Å². The molecule has 1 atom stereocenters. The Hall–Kier alpha value is -1.78. The number of alkyl carbamates (subject to hydrolysis) is 1. The van der Waals surface area contributed by atoms with Crippen molar-refractivity contribution >= 4 is 11.9 Å². The second-order valence-corrected chi connectivity index (χ2v) is 3.64. The second-order valence-electron chi connectivity index (χ2n) is 3.64. The number of rotatable bonds is 2. The molecule has 0 radical (unpaired) electrons. The van der Waals surface area contributed by atoms with Gasteiger partial charge in [-0.2, -0.15) is 0 Å². The van der Waals surface area contributed by atoms with Crippen molar-refractivity contribution in [2.24, 2.45) is 0 Å². The summed E-state index contributed by atoms with van der Waals surface area (Å²) in [6.45, 7) is 0.377. The molecule has 0 bridgehead atoms. The molecule has 80 valence electrons. The van der Waals surface area contributed by atoms with Gasteiger partial charge >= 0.3 is 6.09 Å². The Morgan fingerprint density at radius 2 is 2.33 bits per heavy atom. The van der Waals surface area contributed by atoms with E-state index in [9.17, 15) is 4.79 Å². The molecule has 2 rings (SSSR count).